The van der Waals surface area contributed by atoms with Crippen molar-refractivity contribution in [3.05, 3.63) is 17.0 Å². The van der Waals surface area contributed by atoms with Crippen LogP contribution in [0.4, 0.5) is 5.00 Å². The first kappa shape index (κ1) is 8.52. The van der Waals surface area contributed by atoms with Crippen molar-refractivity contribution in [3.63, 3.8) is 0 Å². The van der Waals surface area contributed by atoms with E-state index < -0.39 is 0 Å². The first-order chi connectivity index (χ1) is 5.24. The van der Waals surface area contributed by atoms with Gasteiger partial charge in [0.2, 0.25) is 0 Å². The third-order valence-electron chi connectivity index (χ3n) is 1.45. The average molecular weight is 172 g/mol. The van der Waals surface area contributed by atoms with Crippen LogP contribution in [0.1, 0.15) is 17.3 Å². The lowest BCUT2D eigenvalue weighted by Crippen LogP contribution is -2.09. The van der Waals surface area contributed by atoms with E-state index >= 15 is 0 Å². The number of aliphatic hydroxyl groups excluding tert-OH is 1. The molecule has 0 aliphatic rings. The van der Waals surface area contributed by atoms with Gasteiger partial charge in [0.1, 0.15) is 0 Å². The van der Waals surface area contributed by atoms with Crippen LogP contribution in [-0.4, -0.2) is 11.7 Å². The molecule has 0 saturated carbocycles. The number of aliphatic hydroxyl groups is 1. The molecule has 3 nitrogen and oxygen atoms in total. The number of nitrogen functional groups attached to an aromatic ring is 1. The molecule has 1 aromatic heterocycles. The summed E-state index contributed by atoms with van der Waals surface area (Å²) in [5, 5.41) is 9.37. The fourth-order valence-electron chi connectivity index (χ4n) is 0.849. The molecule has 0 bridgehead atoms. The van der Waals surface area contributed by atoms with E-state index in [1.54, 1.807) is 0 Å². The summed E-state index contributed by atoms with van der Waals surface area (Å²) in [5.74, 6) is 0. The van der Waals surface area contributed by atoms with Gasteiger partial charge in [0.25, 0.3) is 0 Å². The standard InChI is InChI=1S/C7H12N2OS/c8-5(3-4-10)6-1-2-7(9)11-6/h1-2,5,10H,3-4,8-9H2/t5-/m1/s1. The highest BCUT2D eigenvalue weighted by Gasteiger charge is 2.06. The highest BCUT2D eigenvalue weighted by atomic mass is 32.1. The quantitative estimate of drug-likeness (QED) is 0.628. The Morgan fingerprint density at radius 3 is 2.73 bits per heavy atom. The molecular formula is C7H12N2OS. The summed E-state index contributed by atoms with van der Waals surface area (Å²) in [7, 11) is 0. The molecule has 1 aromatic rings. The first-order valence-corrected chi connectivity index (χ1v) is 4.27. The van der Waals surface area contributed by atoms with Crippen molar-refractivity contribution in [2.75, 3.05) is 12.3 Å². The molecule has 0 aliphatic carbocycles. The fourth-order valence-corrected chi connectivity index (χ4v) is 1.66. The van der Waals surface area contributed by atoms with Crippen LogP contribution in [0.15, 0.2) is 12.1 Å². The van der Waals surface area contributed by atoms with Gasteiger partial charge in [-0.25, -0.2) is 0 Å². The van der Waals surface area contributed by atoms with Crippen LogP contribution in [0.5, 0.6) is 0 Å². The summed E-state index contributed by atoms with van der Waals surface area (Å²) >= 11 is 1.48. The zero-order chi connectivity index (χ0) is 8.27. The van der Waals surface area contributed by atoms with Crippen molar-refractivity contribution in [1.82, 2.24) is 0 Å². The average Bonchev–Trinajstić information content (AvgIpc) is 2.36. The lowest BCUT2D eigenvalue weighted by atomic mass is 10.2. The van der Waals surface area contributed by atoms with Crippen molar-refractivity contribution in [3.8, 4) is 0 Å². The summed E-state index contributed by atoms with van der Waals surface area (Å²) in [5.41, 5.74) is 11.2. The van der Waals surface area contributed by atoms with E-state index in [1.165, 1.54) is 11.3 Å². The molecule has 0 radical (unpaired) electrons. The summed E-state index contributed by atoms with van der Waals surface area (Å²) in [6.45, 7) is 0.124. The minimum atomic E-state index is -0.0673. The molecule has 1 heterocycles. The minimum Gasteiger partial charge on any atom is -0.396 e. The van der Waals surface area contributed by atoms with Crippen molar-refractivity contribution >= 4 is 16.3 Å². The molecule has 0 saturated heterocycles. The van der Waals surface area contributed by atoms with Crippen molar-refractivity contribution in [1.29, 1.82) is 0 Å². The second kappa shape index (κ2) is 3.71. The van der Waals surface area contributed by atoms with Gasteiger partial charge in [-0.3, -0.25) is 0 Å². The summed E-state index contributed by atoms with van der Waals surface area (Å²) in [6.07, 6.45) is 0.597. The van der Waals surface area contributed by atoms with Crippen molar-refractivity contribution in [2.24, 2.45) is 5.73 Å². The van der Waals surface area contributed by atoms with Gasteiger partial charge in [0, 0.05) is 17.5 Å². The van der Waals surface area contributed by atoms with Crippen LogP contribution >= 0.6 is 11.3 Å². The zero-order valence-corrected chi connectivity index (χ0v) is 6.97. The Labute approximate surface area is 69.6 Å². The molecule has 0 aromatic carbocycles. The SMILES string of the molecule is Nc1ccc([C@H](N)CCO)s1. The maximum absolute atomic E-state index is 8.60. The number of hydrogen-bond acceptors (Lipinski definition) is 4. The van der Waals surface area contributed by atoms with Gasteiger partial charge >= 0.3 is 0 Å². The highest BCUT2D eigenvalue weighted by Crippen LogP contribution is 2.24. The molecule has 11 heavy (non-hydrogen) atoms. The Morgan fingerprint density at radius 1 is 1.55 bits per heavy atom. The van der Waals surface area contributed by atoms with Gasteiger partial charge in [-0.1, -0.05) is 0 Å². The summed E-state index contributed by atoms with van der Waals surface area (Å²) in [6, 6.07) is 3.67. The second-order valence-corrected chi connectivity index (χ2v) is 3.51. The minimum absolute atomic E-state index is 0.0673. The Kier molecular flexibility index (Phi) is 2.87. The highest BCUT2D eigenvalue weighted by molar-refractivity contribution is 7.15. The third-order valence-corrected chi connectivity index (χ3v) is 2.50. The third kappa shape index (κ3) is 2.18. The van der Waals surface area contributed by atoms with Crippen LogP contribution in [0.2, 0.25) is 0 Å². The van der Waals surface area contributed by atoms with E-state index in [1.807, 2.05) is 12.1 Å². The molecule has 0 spiro atoms. The van der Waals surface area contributed by atoms with E-state index in [-0.39, 0.29) is 12.6 Å². The van der Waals surface area contributed by atoms with Crippen LogP contribution < -0.4 is 11.5 Å². The zero-order valence-electron chi connectivity index (χ0n) is 6.16. The van der Waals surface area contributed by atoms with Crippen LogP contribution in [0.25, 0.3) is 0 Å². The van der Waals surface area contributed by atoms with Crippen molar-refractivity contribution in [2.45, 2.75) is 12.5 Å². The number of nitrogens with two attached hydrogens (primary N) is 2. The van der Waals surface area contributed by atoms with Crippen LogP contribution in [0.3, 0.4) is 0 Å². The topological polar surface area (TPSA) is 72.3 Å². The smallest absolute Gasteiger partial charge is 0.0859 e. The number of anilines is 1. The molecule has 0 aliphatic heterocycles. The molecule has 0 fully saturated rings. The molecule has 4 heteroatoms. The molecule has 0 amide bonds. The Bertz CT molecular complexity index is 224. The first-order valence-electron chi connectivity index (χ1n) is 3.45. The fraction of sp³-hybridized carbons (Fsp3) is 0.429. The molecule has 0 unspecified atom stereocenters. The van der Waals surface area contributed by atoms with Crippen LogP contribution in [0, 0.1) is 0 Å². The van der Waals surface area contributed by atoms with Gasteiger partial charge in [0.05, 0.1) is 5.00 Å². The van der Waals surface area contributed by atoms with Gasteiger partial charge in [-0.2, -0.15) is 0 Å². The Balaban J connectivity index is 2.60. The molecule has 5 N–H and O–H groups in total. The van der Waals surface area contributed by atoms with E-state index in [0.29, 0.717) is 6.42 Å². The molecule has 62 valence electrons. The lowest BCUT2D eigenvalue weighted by Gasteiger charge is -2.05. The predicted molar refractivity (Wildman–Crippen MR) is 47.4 cm³/mol. The van der Waals surface area contributed by atoms with E-state index in [2.05, 4.69) is 0 Å². The second-order valence-electron chi connectivity index (χ2n) is 2.36. The number of hydrogen-bond donors (Lipinski definition) is 3. The largest absolute Gasteiger partial charge is 0.396 e. The van der Waals surface area contributed by atoms with E-state index in [4.69, 9.17) is 16.6 Å². The van der Waals surface area contributed by atoms with Gasteiger partial charge in [-0.15, -0.1) is 11.3 Å². The Morgan fingerprint density at radius 2 is 2.27 bits per heavy atom. The lowest BCUT2D eigenvalue weighted by molar-refractivity contribution is 0.277. The monoisotopic (exact) mass is 172 g/mol. The van der Waals surface area contributed by atoms with Gasteiger partial charge < -0.3 is 16.6 Å². The van der Waals surface area contributed by atoms with Gasteiger partial charge in [-0.05, 0) is 18.6 Å². The molecule has 1 atom stereocenters. The number of thiophene rings is 1. The van der Waals surface area contributed by atoms with E-state index in [9.17, 15) is 0 Å². The van der Waals surface area contributed by atoms with Gasteiger partial charge in [0.15, 0.2) is 0 Å². The molecule has 1 rings (SSSR count). The Hall–Kier alpha value is -0.580. The van der Waals surface area contributed by atoms with Crippen LogP contribution in [-0.2, 0) is 0 Å². The maximum Gasteiger partial charge on any atom is 0.0859 e. The summed E-state index contributed by atoms with van der Waals surface area (Å²) < 4.78 is 0. The van der Waals surface area contributed by atoms with E-state index in [0.717, 1.165) is 9.88 Å². The summed E-state index contributed by atoms with van der Waals surface area (Å²) in [4.78, 5) is 1.04. The predicted octanol–water partition coefficient (Wildman–Crippen LogP) is 0.713. The molecular weight excluding hydrogens is 160 g/mol. The van der Waals surface area contributed by atoms with Crippen molar-refractivity contribution < 1.29 is 5.11 Å². The maximum atomic E-state index is 8.60. The normalized spacial score (nSPS) is 13.3. The number of rotatable bonds is 3.